The third kappa shape index (κ3) is 5.34. The van der Waals surface area contributed by atoms with Gasteiger partial charge in [0.15, 0.2) is 0 Å². The molecule has 0 spiro atoms. The molecule has 1 atom stereocenters. The summed E-state index contributed by atoms with van der Waals surface area (Å²) in [6.07, 6.45) is 2.90. The van der Waals surface area contributed by atoms with Gasteiger partial charge in [0.25, 0.3) is 0 Å². The maximum absolute atomic E-state index is 13.1. The van der Waals surface area contributed by atoms with Crippen LogP contribution >= 0.6 is 0 Å². The Morgan fingerprint density at radius 1 is 1.06 bits per heavy atom. The molecule has 35 heavy (non-hydrogen) atoms. The van der Waals surface area contributed by atoms with Crippen LogP contribution in [0.15, 0.2) is 48.5 Å². The highest BCUT2D eigenvalue weighted by Crippen LogP contribution is 2.44. The van der Waals surface area contributed by atoms with Gasteiger partial charge in [-0.05, 0) is 42.0 Å². The normalized spacial score (nSPS) is 16.7. The molecule has 4 rings (SSSR count). The van der Waals surface area contributed by atoms with Crippen molar-refractivity contribution >= 4 is 18.0 Å². The van der Waals surface area contributed by atoms with E-state index in [-0.39, 0.29) is 31.4 Å². The van der Waals surface area contributed by atoms with Crippen LogP contribution in [0.2, 0.25) is 0 Å². The molecule has 2 aromatic rings. The third-order valence-corrected chi connectivity index (χ3v) is 7.41. The fourth-order valence-electron chi connectivity index (χ4n) is 5.47. The van der Waals surface area contributed by atoms with E-state index in [2.05, 4.69) is 29.6 Å². The number of nitrogens with zero attached hydrogens (tertiary/aromatic N) is 1. The van der Waals surface area contributed by atoms with Gasteiger partial charge >= 0.3 is 12.1 Å². The van der Waals surface area contributed by atoms with Gasteiger partial charge in [-0.25, -0.2) is 4.79 Å². The number of carboxylic acids is 1. The molecule has 1 fully saturated rings. The van der Waals surface area contributed by atoms with Crippen LogP contribution in [-0.2, 0) is 14.3 Å². The lowest BCUT2D eigenvalue weighted by Crippen LogP contribution is -2.51. The molecule has 1 saturated carbocycles. The maximum Gasteiger partial charge on any atom is 0.407 e. The number of benzene rings is 2. The predicted molar refractivity (Wildman–Crippen MR) is 133 cm³/mol. The monoisotopic (exact) mass is 478 g/mol. The average Bonchev–Trinajstić information content (AvgIpc) is 3.43. The molecule has 0 aliphatic heterocycles. The van der Waals surface area contributed by atoms with Crippen molar-refractivity contribution in [2.24, 2.45) is 5.92 Å². The first-order chi connectivity index (χ1) is 16.8. The molecular weight excluding hydrogens is 444 g/mol. The van der Waals surface area contributed by atoms with Crippen LogP contribution in [0.3, 0.4) is 0 Å². The van der Waals surface area contributed by atoms with E-state index >= 15 is 0 Å². The second-order valence-electron chi connectivity index (χ2n) is 9.79. The standard InChI is InChI=1S/C28H34N2O5/c1-3-30(17-19(2)26(32)33)25(31)16-28(14-8-9-15-28)29-27(34)35-18-24-22-12-6-4-10-20(22)21-11-5-7-13-23(21)24/h4-7,10-13,19,24H,3,8-9,14-18H2,1-2H3,(H,29,34)(H,32,33). The van der Waals surface area contributed by atoms with E-state index in [1.807, 2.05) is 31.2 Å². The second kappa shape index (κ2) is 10.5. The number of rotatable bonds is 9. The Morgan fingerprint density at radius 3 is 2.17 bits per heavy atom. The number of amides is 2. The van der Waals surface area contributed by atoms with Crippen molar-refractivity contribution in [3.05, 3.63) is 59.7 Å². The van der Waals surface area contributed by atoms with Gasteiger partial charge in [0.05, 0.1) is 17.9 Å². The highest BCUT2D eigenvalue weighted by Gasteiger charge is 2.39. The summed E-state index contributed by atoms with van der Waals surface area (Å²) in [5, 5.41) is 12.2. The van der Waals surface area contributed by atoms with Crippen LogP contribution < -0.4 is 5.32 Å². The molecule has 0 aromatic heterocycles. The number of aliphatic carboxylic acids is 1. The van der Waals surface area contributed by atoms with Crippen molar-refractivity contribution in [1.29, 1.82) is 0 Å². The molecule has 0 bridgehead atoms. The molecule has 7 heteroatoms. The Balaban J connectivity index is 1.41. The minimum atomic E-state index is -0.927. The number of carbonyl (C=O) groups is 3. The van der Waals surface area contributed by atoms with E-state index in [1.165, 1.54) is 11.1 Å². The lowest BCUT2D eigenvalue weighted by Gasteiger charge is -2.32. The molecular formula is C28H34N2O5. The van der Waals surface area contributed by atoms with Crippen LogP contribution in [0.1, 0.15) is 63.0 Å². The molecule has 7 nitrogen and oxygen atoms in total. The van der Waals surface area contributed by atoms with Crippen molar-refractivity contribution in [2.75, 3.05) is 19.7 Å². The predicted octanol–water partition coefficient (Wildman–Crippen LogP) is 4.80. The van der Waals surface area contributed by atoms with Gasteiger partial charge in [-0.3, -0.25) is 9.59 Å². The van der Waals surface area contributed by atoms with Crippen molar-refractivity contribution in [2.45, 2.75) is 57.4 Å². The number of hydrogen-bond donors (Lipinski definition) is 2. The average molecular weight is 479 g/mol. The molecule has 2 amide bonds. The zero-order valence-electron chi connectivity index (χ0n) is 20.5. The Labute approximate surface area is 206 Å². The van der Waals surface area contributed by atoms with Gasteiger partial charge in [0, 0.05) is 19.0 Å². The lowest BCUT2D eigenvalue weighted by atomic mass is 9.92. The largest absolute Gasteiger partial charge is 0.481 e. The summed E-state index contributed by atoms with van der Waals surface area (Å²) in [5.74, 6) is -1.74. The summed E-state index contributed by atoms with van der Waals surface area (Å²) in [7, 11) is 0. The summed E-state index contributed by atoms with van der Waals surface area (Å²) in [6.45, 7) is 4.25. The minimum Gasteiger partial charge on any atom is -0.481 e. The lowest BCUT2D eigenvalue weighted by molar-refractivity contribution is -0.143. The second-order valence-corrected chi connectivity index (χ2v) is 9.79. The van der Waals surface area contributed by atoms with Crippen molar-refractivity contribution < 1.29 is 24.2 Å². The van der Waals surface area contributed by atoms with E-state index < -0.39 is 23.5 Å². The SMILES string of the molecule is CCN(CC(C)C(=O)O)C(=O)CC1(NC(=O)OCC2c3ccccc3-c3ccccc32)CCCC1. The van der Waals surface area contributed by atoms with Crippen LogP contribution in [0, 0.1) is 5.92 Å². The van der Waals surface area contributed by atoms with Gasteiger partial charge in [0.2, 0.25) is 5.91 Å². The molecule has 0 radical (unpaired) electrons. The van der Waals surface area contributed by atoms with E-state index in [0.29, 0.717) is 19.4 Å². The summed E-state index contributed by atoms with van der Waals surface area (Å²) < 4.78 is 5.74. The fourth-order valence-corrected chi connectivity index (χ4v) is 5.47. The Bertz CT molecular complexity index is 1050. The van der Waals surface area contributed by atoms with Crippen LogP contribution in [0.25, 0.3) is 11.1 Å². The number of fused-ring (bicyclic) bond motifs is 3. The number of ether oxygens (including phenoxy) is 1. The number of carbonyl (C=O) groups excluding carboxylic acids is 2. The van der Waals surface area contributed by atoms with E-state index in [1.54, 1.807) is 11.8 Å². The summed E-state index contributed by atoms with van der Waals surface area (Å²) >= 11 is 0. The van der Waals surface area contributed by atoms with Gasteiger partial charge in [-0.2, -0.15) is 0 Å². The van der Waals surface area contributed by atoms with Crippen molar-refractivity contribution in [3.8, 4) is 11.1 Å². The maximum atomic E-state index is 13.1. The van der Waals surface area contributed by atoms with E-state index in [4.69, 9.17) is 4.74 Å². The highest BCUT2D eigenvalue weighted by molar-refractivity contribution is 5.81. The Morgan fingerprint density at radius 2 is 1.63 bits per heavy atom. The van der Waals surface area contributed by atoms with Crippen LogP contribution in [-0.4, -0.2) is 53.2 Å². The van der Waals surface area contributed by atoms with E-state index in [0.717, 1.165) is 24.0 Å². The molecule has 186 valence electrons. The number of alkyl carbamates (subject to hydrolysis) is 1. The Kier molecular flexibility index (Phi) is 7.43. The van der Waals surface area contributed by atoms with Crippen molar-refractivity contribution in [3.63, 3.8) is 0 Å². The fraction of sp³-hybridized carbons (Fsp3) is 0.464. The van der Waals surface area contributed by atoms with Gasteiger partial charge in [-0.1, -0.05) is 68.3 Å². The van der Waals surface area contributed by atoms with Crippen LogP contribution in [0.4, 0.5) is 4.79 Å². The third-order valence-electron chi connectivity index (χ3n) is 7.41. The first-order valence-corrected chi connectivity index (χ1v) is 12.5. The molecule has 0 heterocycles. The molecule has 2 aromatic carbocycles. The molecule has 2 aliphatic rings. The summed E-state index contributed by atoms with van der Waals surface area (Å²) in [5.41, 5.74) is 3.99. The molecule has 1 unspecified atom stereocenters. The van der Waals surface area contributed by atoms with Gasteiger partial charge in [0.1, 0.15) is 6.61 Å². The first kappa shape index (κ1) is 24.8. The molecule has 2 aliphatic carbocycles. The molecule has 0 saturated heterocycles. The number of hydrogen-bond acceptors (Lipinski definition) is 4. The summed E-state index contributed by atoms with van der Waals surface area (Å²) in [4.78, 5) is 38.8. The smallest absolute Gasteiger partial charge is 0.407 e. The topological polar surface area (TPSA) is 95.9 Å². The summed E-state index contributed by atoms with van der Waals surface area (Å²) in [6, 6.07) is 16.4. The number of nitrogens with one attached hydrogen (secondary N) is 1. The zero-order chi connectivity index (χ0) is 25.0. The quantitative estimate of drug-likeness (QED) is 0.540. The highest BCUT2D eigenvalue weighted by atomic mass is 16.5. The zero-order valence-corrected chi connectivity index (χ0v) is 20.5. The first-order valence-electron chi connectivity index (χ1n) is 12.5. The van der Waals surface area contributed by atoms with Crippen LogP contribution in [0.5, 0.6) is 0 Å². The molecule has 2 N–H and O–H groups in total. The van der Waals surface area contributed by atoms with Gasteiger partial charge < -0.3 is 20.1 Å². The number of carboxylic acid groups (broad SMARTS) is 1. The van der Waals surface area contributed by atoms with Gasteiger partial charge in [-0.15, -0.1) is 0 Å². The Hall–Kier alpha value is -3.35. The van der Waals surface area contributed by atoms with Crippen molar-refractivity contribution in [1.82, 2.24) is 10.2 Å². The minimum absolute atomic E-state index is 0.0256. The van der Waals surface area contributed by atoms with E-state index in [9.17, 15) is 19.5 Å².